The highest BCUT2D eigenvalue weighted by atomic mass is 19.1. The largest absolute Gasteiger partial charge is 0.490 e. The SMILES string of the molecule is Fc1cc(-c2c(-c3ccc4c(c3)NCCO4)nc3ncccn23)ccn1. The second kappa shape index (κ2) is 5.80. The Morgan fingerprint density at radius 3 is 2.96 bits per heavy atom. The van der Waals surface area contributed by atoms with Gasteiger partial charge in [0.2, 0.25) is 11.7 Å². The first-order chi connectivity index (χ1) is 12.8. The predicted molar refractivity (Wildman–Crippen MR) is 95.6 cm³/mol. The summed E-state index contributed by atoms with van der Waals surface area (Å²) < 4.78 is 21.2. The smallest absolute Gasteiger partial charge is 0.234 e. The van der Waals surface area contributed by atoms with Gasteiger partial charge in [-0.25, -0.2) is 15.0 Å². The minimum Gasteiger partial charge on any atom is -0.490 e. The van der Waals surface area contributed by atoms with Gasteiger partial charge < -0.3 is 10.1 Å². The molecule has 0 bridgehead atoms. The third kappa shape index (κ3) is 2.36. The monoisotopic (exact) mass is 347 g/mol. The Morgan fingerprint density at radius 2 is 2.04 bits per heavy atom. The maximum absolute atomic E-state index is 13.7. The molecule has 4 heterocycles. The molecule has 0 atom stereocenters. The molecule has 1 N–H and O–H groups in total. The van der Waals surface area contributed by atoms with E-state index in [9.17, 15) is 4.39 Å². The summed E-state index contributed by atoms with van der Waals surface area (Å²) in [6.45, 7) is 1.40. The summed E-state index contributed by atoms with van der Waals surface area (Å²) in [6.07, 6.45) is 5.00. The molecule has 0 saturated carbocycles. The molecule has 0 fully saturated rings. The predicted octanol–water partition coefficient (Wildman–Crippen LogP) is 3.40. The van der Waals surface area contributed by atoms with Crippen LogP contribution in [0.5, 0.6) is 5.75 Å². The van der Waals surface area contributed by atoms with Crippen LogP contribution in [0.1, 0.15) is 0 Å². The molecule has 1 aromatic carbocycles. The third-order valence-corrected chi connectivity index (χ3v) is 4.33. The number of nitrogens with zero attached hydrogens (tertiary/aromatic N) is 4. The van der Waals surface area contributed by atoms with Gasteiger partial charge in [-0.1, -0.05) is 0 Å². The molecule has 0 radical (unpaired) electrons. The lowest BCUT2D eigenvalue weighted by Crippen LogP contribution is -2.17. The van der Waals surface area contributed by atoms with Gasteiger partial charge in [-0.3, -0.25) is 4.40 Å². The summed E-state index contributed by atoms with van der Waals surface area (Å²) in [5, 5.41) is 3.33. The van der Waals surface area contributed by atoms with Crippen molar-refractivity contribution in [1.29, 1.82) is 0 Å². The van der Waals surface area contributed by atoms with Crippen molar-refractivity contribution in [2.24, 2.45) is 0 Å². The Bertz CT molecular complexity index is 1120. The molecule has 0 unspecified atom stereocenters. The molecule has 128 valence electrons. The Hall–Kier alpha value is -3.48. The van der Waals surface area contributed by atoms with E-state index in [0.29, 0.717) is 17.9 Å². The highest BCUT2D eigenvalue weighted by Crippen LogP contribution is 2.36. The Kier molecular flexibility index (Phi) is 3.31. The Morgan fingerprint density at radius 1 is 1.08 bits per heavy atom. The molecule has 26 heavy (non-hydrogen) atoms. The second-order valence-electron chi connectivity index (χ2n) is 5.95. The van der Waals surface area contributed by atoms with Crippen LogP contribution >= 0.6 is 0 Å². The van der Waals surface area contributed by atoms with Crippen molar-refractivity contribution < 1.29 is 9.13 Å². The number of rotatable bonds is 2. The van der Waals surface area contributed by atoms with Gasteiger partial charge in [-0.05, 0) is 30.3 Å². The number of hydrogen-bond acceptors (Lipinski definition) is 5. The summed E-state index contributed by atoms with van der Waals surface area (Å²) in [5.41, 5.74) is 4.01. The number of ether oxygens (including phenoxy) is 1. The number of benzene rings is 1. The van der Waals surface area contributed by atoms with E-state index in [-0.39, 0.29) is 0 Å². The fourth-order valence-electron chi connectivity index (χ4n) is 3.20. The van der Waals surface area contributed by atoms with E-state index in [0.717, 1.165) is 34.9 Å². The lowest BCUT2D eigenvalue weighted by atomic mass is 10.0. The molecule has 0 amide bonds. The summed E-state index contributed by atoms with van der Waals surface area (Å²) in [5.74, 6) is 0.836. The number of aromatic nitrogens is 4. The molecule has 1 aliphatic rings. The van der Waals surface area contributed by atoms with Crippen molar-refractivity contribution in [3.63, 3.8) is 0 Å². The van der Waals surface area contributed by atoms with Gasteiger partial charge in [0, 0.05) is 42.3 Å². The topological polar surface area (TPSA) is 64.3 Å². The van der Waals surface area contributed by atoms with Crippen molar-refractivity contribution in [3.8, 4) is 28.3 Å². The van der Waals surface area contributed by atoms with Crippen molar-refractivity contribution >= 4 is 11.5 Å². The maximum atomic E-state index is 13.7. The molecule has 0 spiro atoms. The molecule has 6 nitrogen and oxygen atoms in total. The minimum atomic E-state index is -0.534. The fraction of sp³-hybridized carbons (Fsp3) is 0.105. The van der Waals surface area contributed by atoms with Gasteiger partial charge in [0.25, 0.3) is 0 Å². The zero-order valence-electron chi connectivity index (χ0n) is 13.7. The number of fused-ring (bicyclic) bond motifs is 2. The molecule has 0 saturated heterocycles. The summed E-state index contributed by atoms with van der Waals surface area (Å²) in [7, 11) is 0. The average Bonchev–Trinajstić information content (AvgIpc) is 3.07. The van der Waals surface area contributed by atoms with Gasteiger partial charge in [-0.15, -0.1) is 0 Å². The van der Waals surface area contributed by atoms with E-state index in [1.54, 1.807) is 12.3 Å². The Labute approximate surface area is 148 Å². The van der Waals surface area contributed by atoms with Crippen molar-refractivity contribution in [3.05, 3.63) is 60.9 Å². The molecule has 5 rings (SSSR count). The van der Waals surface area contributed by atoms with Crippen molar-refractivity contribution in [1.82, 2.24) is 19.4 Å². The van der Waals surface area contributed by atoms with E-state index in [2.05, 4.69) is 20.3 Å². The van der Waals surface area contributed by atoms with E-state index < -0.39 is 5.95 Å². The molecular formula is C19H14FN5O. The maximum Gasteiger partial charge on any atom is 0.234 e. The van der Waals surface area contributed by atoms with Crippen molar-refractivity contribution in [2.45, 2.75) is 0 Å². The third-order valence-electron chi connectivity index (χ3n) is 4.33. The molecule has 3 aromatic heterocycles. The number of halogens is 1. The number of anilines is 1. The first-order valence-electron chi connectivity index (χ1n) is 8.26. The molecular weight excluding hydrogens is 333 g/mol. The van der Waals surface area contributed by atoms with E-state index in [1.165, 1.54) is 12.3 Å². The lowest BCUT2D eigenvalue weighted by Gasteiger charge is -2.19. The van der Waals surface area contributed by atoms with E-state index >= 15 is 0 Å². The quantitative estimate of drug-likeness (QED) is 0.563. The normalized spacial score (nSPS) is 13.1. The van der Waals surface area contributed by atoms with Crippen LogP contribution in [-0.4, -0.2) is 32.5 Å². The summed E-state index contributed by atoms with van der Waals surface area (Å²) >= 11 is 0. The van der Waals surface area contributed by atoms with Crippen LogP contribution in [0.25, 0.3) is 28.3 Å². The van der Waals surface area contributed by atoms with Gasteiger partial charge in [0.1, 0.15) is 12.4 Å². The van der Waals surface area contributed by atoms with Crippen LogP contribution in [0.3, 0.4) is 0 Å². The zero-order valence-corrected chi connectivity index (χ0v) is 13.7. The van der Waals surface area contributed by atoms with Crippen LogP contribution in [0.4, 0.5) is 10.1 Å². The van der Waals surface area contributed by atoms with Crippen molar-refractivity contribution in [2.75, 3.05) is 18.5 Å². The van der Waals surface area contributed by atoms with Gasteiger partial charge in [0.05, 0.1) is 17.1 Å². The number of hydrogen-bond donors (Lipinski definition) is 1. The highest BCUT2D eigenvalue weighted by molar-refractivity contribution is 5.83. The number of imidazole rings is 1. The fourth-order valence-corrected chi connectivity index (χ4v) is 3.20. The number of pyridine rings is 1. The first kappa shape index (κ1) is 14.8. The minimum absolute atomic E-state index is 0.534. The zero-order chi connectivity index (χ0) is 17.5. The van der Waals surface area contributed by atoms with E-state index in [1.807, 2.05) is 34.9 Å². The van der Waals surface area contributed by atoms with Crippen LogP contribution < -0.4 is 10.1 Å². The van der Waals surface area contributed by atoms with Crippen LogP contribution in [0.15, 0.2) is 55.0 Å². The Balaban J connectivity index is 1.76. The molecule has 4 aromatic rings. The van der Waals surface area contributed by atoms with E-state index in [4.69, 9.17) is 4.74 Å². The summed E-state index contributed by atoms with van der Waals surface area (Å²) in [4.78, 5) is 12.7. The van der Waals surface area contributed by atoms with Gasteiger partial charge >= 0.3 is 0 Å². The first-order valence-corrected chi connectivity index (χ1v) is 8.26. The van der Waals surface area contributed by atoms with Crippen LogP contribution in [0, 0.1) is 5.95 Å². The average molecular weight is 347 g/mol. The van der Waals surface area contributed by atoms with Crippen LogP contribution in [0.2, 0.25) is 0 Å². The van der Waals surface area contributed by atoms with Gasteiger partial charge in [-0.2, -0.15) is 4.39 Å². The highest BCUT2D eigenvalue weighted by Gasteiger charge is 2.19. The summed E-state index contributed by atoms with van der Waals surface area (Å²) in [6, 6.07) is 10.9. The lowest BCUT2D eigenvalue weighted by molar-refractivity contribution is 0.323. The second-order valence-corrected chi connectivity index (χ2v) is 5.95. The number of nitrogens with one attached hydrogen (secondary N) is 1. The standard InChI is InChI=1S/C19H14FN5O/c20-16-11-13(4-6-22-16)18-17(24-19-23-5-1-8-25(18)19)12-2-3-15-14(10-12)21-7-9-26-15/h1-6,8,10-11,21H,7,9H2. The van der Waals surface area contributed by atoms with Gasteiger partial charge in [0.15, 0.2) is 0 Å². The molecule has 0 aliphatic carbocycles. The van der Waals surface area contributed by atoms with Crippen LogP contribution in [-0.2, 0) is 0 Å². The molecule has 7 heteroatoms. The molecule has 1 aliphatic heterocycles.